The van der Waals surface area contributed by atoms with E-state index in [-0.39, 0.29) is 5.75 Å². The number of anilines is 2. The van der Waals surface area contributed by atoms with Gasteiger partial charge in [0, 0.05) is 5.56 Å². The Labute approximate surface area is 132 Å². The van der Waals surface area contributed by atoms with Gasteiger partial charge in [0.05, 0.1) is 5.69 Å². The van der Waals surface area contributed by atoms with Crippen molar-refractivity contribution in [2.45, 2.75) is 20.8 Å². The van der Waals surface area contributed by atoms with E-state index in [1.54, 1.807) is 6.92 Å². The maximum Gasteiger partial charge on any atom is 0.211 e. The summed E-state index contributed by atoms with van der Waals surface area (Å²) in [7, 11) is 0. The largest absolute Gasteiger partial charge is 0.506 e. The summed E-state index contributed by atoms with van der Waals surface area (Å²) < 4.78 is 0. The van der Waals surface area contributed by atoms with Crippen LogP contribution in [0.4, 0.5) is 10.9 Å². The first-order valence-corrected chi connectivity index (χ1v) is 7.70. The predicted molar refractivity (Wildman–Crippen MR) is 88.7 cm³/mol. The van der Waals surface area contributed by atoms with E-state index in [0.717, 1.165) is 21.7 Å². The van der Waals surface area contributed by atoms with Gasteiger partial charge in [-0.1, -0.05) is 41.7 Å². The lowest BCUT2D eigenvalue weighted by Crippen LogP contribution is -2.00. The minimum absolute atomic E-state index is 0.241. The lowest BCUT2D eigenvalue weighted by Gasteiger charge is -2.11. The van der Waals surface area contributed by atoms with Crippen LogP contribution in [0, 0.1) is 20.8 Å². The second-order valence-electron chi connectivity index (χ2n) is 5.05. The van der Waals surface area contributed by atoms with Gasteiger partial charge < -0.3 is 10.4 Å². The normalized spacial score (nSPS) is 10.7. The molecule has 22 heavy (non-hydrogen) atoms. The highest BCUT2D eigenvalue weighted by Crippen LogP contribution is 2.32. The molecule has 0 aliphatic rings. The van der Waals surface area contributed by atoms with Crippen molar-refractivity contribution in [3.05, 3.63) is 47.2 Å². The second-order valence-corrected chi connectivity index (χ2v) is 6.03. The average molecular weight is 312 g/mol. The Morgan fingerprint density at radius 1 is 1.00 bits per heavy atom. The molecule has 0 amide bonds. The van der Waals surface area contributed by atoms with Crippen molar-refractivity contribution in [2.24, 2.45) is 0 Å². The Balaban J connectivity index is 1.91. The fourth-order valence-electron chi connectivity index (χ4n) is 2.13. The van der Waals surface area contributed by atoms with E-state index >= 15 is 0 Å². The maximum atomic E-state index is 9.91. The van der Waals surface area contributed by atoms with Crippen LogP contribution in [0.15, 0.2) is 30.3 Å². The van der Waals surface area contributed by atoms with E-state index in [1.807, 2.05) is 44.2 Å². The molecule has 112 valence electrons. The number of pyridine rings is 1. The topological polar surface area (TPSA) is 70.9 Å². The quantitative estimate of drug-likeness (QED) is 0.765. The first-order valence-electron chi connectivity index (χ1n) is 6.89. The second kappa shape index (κ2) is 5.73. The smallest absolute Gasteiger partial charge is 0.211 e. The Hall–Kier alpha value is -2.47. The zero-order chi connectivity index (χ0) is 15.7. The van der Waals surface area contributed by atoms with Crippen LogP contribution in [0.3, 0.4) is 0 Å². The van der Waals surface area contributed by atoms with Gasteiger partial charge in [0.2, 0.25) is 5.13 Å². The molecule has 0 unspecified atom stereocenters. The summed E-state index contributed by atoms with van der Waals surface area (Å²) in [5.74, 6) is 0.939. The number of aromatic nitrogens is 3. The van der Waals surface area contributed by atoms with Crippen molar-refractivity contribution < 1.29 is 5.11 Å². The minimum atomic E-state index is 0.241. The van der Waals surface area contributed by atoms with Gasteiger partial charge in [-0.25, -0.2) is 4.98 Å². The molecule has 0 bridgehead atoms. The Morgan fingerprint density at radius 2 is 1.73 bits per heavy atom. The molecule has 3 rings (SSSR count). The zero-order valence-electron chi connectivity index (χ0n) is 12.6. The highest BCUT2D eigenvalue weighted by atomic mass is 32.1. The van der Waals surface area contributed by atoms with E-state index < -0.39 is 0 Å². The van der Waals surface area contributed by atoms with E-state index in [1.165, 1.54) is 11.3 Å². The lowest BCUT2D eigenvalue weighted by atomic mass is 10.1. The molecule has 0 saturated carbocycles. The summed E-state index contributed by atoms with van der Waals surface area (Å²) in [5, 5.41) is 23.0. The first-order chi connectivity index (χ1) is 10.6. The van der Waals surface area contributed by atoms with Crippen LogP contribution in [-0.2, 0) is 0 Å². The molecule has 0 fully saturated rings. The van der Waals surface area contributed by atoms with Gasteiger partial charge in [-0.3, -0.25) is 0 Å². The zero-order valence-corrected chi connectivity index (χ0v) is 13.4. The molecule has 0 saturated heterocycles. The van der Waals surface area contributed by atoms with Crippen LogP contribution in [0.25, 0.3) is 10.6 Å². The number of hydrogen-bond acceptors (Lipinski definition) is 6. The molecular weight excluding hydrogens is 296 g/mol. The third-order valence-electron chi connectivity index (χ3n) is 3.57. The van der Waals surface area contributed by atoms with Crippen molar-refractivity contribution in [1.82, 2.24) is 15.2 Å². The van der Waals surface area contributed by atoms with Gasteiger partial charge in [-0.2, -0.15) is 0 Å². The van der Waals surface area contributed by atoms with Gasteiger partial charge in [0.15, 0.2) is 0 Å². The fraction of sp³-hybridized carbons (Fsp3) is 0.188. The van der Waals surface area contributed by atoms with E-state index in [9.17, 15) is 5.11 Å². The summed E-state index contributed by atoms with van der Waals surface area (Å²) in [4.78, 5) is 4.39. The molecule has 2 N–H and O–H groups in total. The van der Waals surface area contributed by atoms with Crippen molar-refractivity contribution in [3.8, 4) is 16.3 Å². The van der Waals surface area contributed by atoms with Crippen LogP contribution < -0.4 is 5.32 Å². The lowest BCUT2D eigenvalue weighted by molar-refractivity contribution is 0.463. The molecule has 0 radical (unpaired) electrons. The van der Waals surface area contributed by atoms with Gasteiger partial charge in [0.25, 0.3) is 0 Å². The SMILES string of the molecule is Cc1nc(Nc2nnc(-c3ccccc3)s2)c(C)c(C)c1O. The predicted octanol–water partition coefficient (Wildman–Crippen LogP) is 3.97. The molecule has 1 aromatic carbocycles. The van der Waals surface area contributed by atoms with Gasteiger partial charge in [-0.15, -0.1) is 10.2 Å². The van der Waals surface area contributed by atoms with Gasteiger partial charge >= 0.3 is 0 Å². The van der Waals surface area contributed by atoms with Gasteiger partial charge in [-0.05, 0) is 31.9 Å². The van der Waals surface area contributed by atoms with E-state index in [2.05, 4.69) is 20.5 Å². The third-order valence-corrected chi connectivity index (χ3v) is 4.45. The summed E-state index contributed by atoms with van der Waals surface area (Å²) in [6.07, 6.45) is 0. The molecule has 3 aromatic rings. The average Bonchev–Trinajstić information content (AvgIpc) is 3.00. The van der Waals surface area contributed by atoms with Crippen LogP contribution in [0.5, 0.6) is 5.75 Å². The highest BCUT2D eigenvalue weighted by Gasteiger charge is 2.13. The third kappa shape index (κ3) is 2.65. The van der Waals surface area contributed by atoms with E-state index in [4.69, 9.17) is 0 Å². The number of rotatable bonds is 3. The number of aromatic hydroxyl groups is 1. The number of hydrogen-bond donors (Lipinski definition) is 2. The number of benzene rings is 1. The maximum absolute atomic E-state index is 9.91. The summed E-state index contributed by atoms with van der Waals surface area (Å²) in [6.45, 7) is 5.57. The van der Waals surface area contributed by atoms with Gasteiger partial charge in [0.1, 0.15) is 16.6 Å². The van der Waals surface area contributed by atoms with Crippen molar-refractivity contribution in [3.63, 3.8) is 0 Å². The van der Waals surface area contributed by atoms with Crippen molar-refractivity contribution in [1.29, 1.82) is 0 Å². The monoisotopic (exact) mass is 312 g/mol. The summed E-state index contributed by atoms with van der Waals surface area (Å²) in [6, 6.07) is 9.93. The Morgan fingerprint density at radius 3 is 2.45 bits per heavy atom. The van der Waals surface area contributed by atoms with Crippen LogP contribution in [-0.4, -0.2) is 20.3 Å². The molecule has 2 heterocycles. The first kappa shape index (κ1) is 14.5. The number of nitrogens with one attached hydrogen (secondary N) is 1. The Kier molecular flexibility index (Phi) is 3.77. The molecule has 5 nitrogen and oxygen atoms in total. The Bertz CT molecular complexity index is 815. The van der Waals surface area contributed by atoms with Crippen LogP contribution in [0.2, 0.25) is 0 Å². The fourth-order valence-corrected chi connectivity index (χ4v) is 2.87. The van der Waals surface area contributed by atoms with Crippen LogP contribution >= 0.6 is 11.3 Å². The molecule has 2 aromatic heterocycles. The molecule has 6 heteroatoms. The van der Waals surface area contributed by atoms with Crippen molar-refractivity contribution >= 4 is 22.3 Å². The summed E-state index contributed by atoms with van der Waals surface area (Å²) >= 11 is 1.47. The molecule has 0 atom stereocenters. The molecule has 0 aliphatic heterocycles. The highest BCUT2D eigenvalue weighted by molar-refractivity contribution is 7.18. The summed E-state index contributed by atoms with van der Waals surface area (Å²) in [5.41, 5.74) is 3.36. The molecule has 0 aliphatic carbocycles. The minimum Gasteiger partial charge on any atom is -0.506 e. The number of nitrogens with zero attached hydrogens (tertiary/aromatic N) is 3. The molecular formula is C16H16N4OS. The standard InChI is InChI=1S/C16H16N4OS/c1-9-10(2)14(17-11(3)13(9)21)18-16-20-19-15(22-16)12-7-5-4-6-8-12/h4-8,21H,1-3H3,(H,17,18,20). The van der Waals surface area contributed by atoms with Crippen molar-refractivity contribution in [2.75, 3.05) is 5.32 Å². The van der Waals surface area contributed by atoms with E-state index in [0.29, 0.717) is 16.6 Å². The van der Waals surface area contributed by atoms with Crippen LogP contribution in [0.1, 0.15) is 16.8 Å². The molecule has 0 spiro atoms. The number of aryl methyl sites for hydroxylation is 1.